The van der Waals surface area contributed by atoms with Crippen molar-refractivity contribution in [3.8, 4) is 0 Å². The summed E-state index contributed by atoms with van der Waals surface area (Å²) in [6, 6.07) is 0. The molecule has 3 heteroatoms. The first kappa shape index (κ1) is 23.0. The van der Waals surface area contributed by atoms with Gasteiger partial charge in [0.1, 0.15) is 0 Å². The van der Waals surface area contributed by atoms with Crippen LogP contribution in [0, 0.1) is 0 Å². The maximum atomic E-state index is 10.3. The molecule has 0 bridgehead atoms. The fourth-order valence-electron chi connectivity index (χ4n) is 2.09. The van der Waals surface area contributed by atoms with Crippen LogP contribution in [0.1, 0.15) is 86.8 Å². The zero-order valence-corrected chi connectivity index (χ0v) is 15.3. The second kappa shape index (κ2) is 19.7. The standard InChI is InChI=1S/C18H32O2.Mg.2H/c1-2-3-4-5-6-7-8-9-10-11-12-13-14-15-16-17-18(19)20;;;/h6-7,9-10H,2-5,8,11-17H2,1H3,(H,19,20);;;/q;+2;2*-1/b7-6-,10-9-;;;. The van der Waals surface area contributed by atoms with Gasteiger partial charge in [-0.1, -0.05) is 63.3 Å². The van der Waals surface area contributed by atoms with E-state index in [0.29, 0.717) is 6.42 Å². The number of hydrogen-bond acceptors (Lipinski definition) is 1. The van der Waals surface area contributed by atoms with Gasteiger partial charge in [0, 0.05) is 6.42 Å². The predicted octanol–water partition coefficient (Wildman–Crippen LogP) is 5.73. The van der Waals surface area contributed by atoms with Gasteiger partial charge in [-0.3, -0.25) is 4.79 Å². The Morgan fingerprint density at radius 2 is 1.38 bits per heavy atom. The number of allylic oxidation sites excluding steroid dienone is 4. The molecule has 21 heavy (non-hydrogen) atoms. The Balaban J connectivity index is -0.000000602. The Morgan fingerprint density at radius 1 is 0.857 bits per heavy atom. The number of hydrogen-bond donors (Lipinski definition) is 1. The molecule has 0 aromatic carbocycles. The molecule has 0 amide bonds. The van der Waals surface area contributed by atoms with E-state index in [1.807, 2.05) is 0 Å². The van der Waals surface area contributed by atoms with Gasteiger partial charge in [-0.15, -0.1) is 0 Å². The zero-order valence-electron chi connectivity index (χ0n) is 15.9. The van der Waals surface area contributed by atoms with Gasteiger partial charge in [-0.05, 0) is 38.5 Å². The summed E-state index contributed by atoms with van der Waals surface area (Å²) >= 11 is 0. The van der Waals surface area contributed by atoms with Gasteiger partial charge in [0.05, 0.1) is 0 Å². The molecule has 0 aliphatic rings. The minimum absolute atomic E-state index is 0. The quantitative estimate of drug-likeness (QED) is 0.253. The number of carboxylic acids is 1. The third-order valence-corrected chi connectivity index (χ3v) is 3.34. The smallest absolute Gasteiger partial charge is 1.00 e. The van der Waals surface area contributed by atoms with E-state index in [-0.39, 0.29) is 25.9 Å². The van der Waals surface area contributed by atoms with Crippen LogP contribution >= 0.6 is 0 Å². The second-order valence-electron chi connectivity index (χ2n) is 5.37. The molecule has 0 aliphatic carbocycles. The van der Waals surface area contributed by atoms with Crippen LogP contribution in [0.25, 0.3) is 0 Å². The molecule has 0 unspecified atom stereocenters. The van der Waals surface area contributed by atoms with Gasteiger partial charge < -0.3 is 7.96 Å². The first-order valence-corrected chi connectivity index (χ1v) is 8.29. The first-order valence-electron chi connectivity index (χ1n) is 8.29. The normalized spacial score (nSPS) is 11.1. The van der Waals surface area contributed by atoms with E-state index < -0.39 is 5.97 Å². The number of unbranched alkanes of at least 4 members (excludes halogenated alkanes) is 8. The molecular weight excluding hydrogens is 273 g/mol. The summed E-state index contributed by atoms with van der Waals surface area (Å²) in [5.41, 5.74) is 0. The fraction of sp³-hybridized carbons (Fsp3) is 0.722. The van der Waals surface area contributed by atoms with E-state index in [2.05, 4.69) is 31.2 Å². The molecule has 0 radical (unpaired) electrons. The monoisotopic (exact) mass is 306 g/mol. The van der Waals surface area contributed by atoms with Crippen molar-refractivity contribution < 1.29 is 12.8 Å². The van der Waals surface area contributed by atoms with E-state index in [4.69, 9.17) is 5.11 Å². The van der Waals surface area contributed by atoms with E-state index >= 15 is 0 Å². The molecule has 2 nitrogen and oxygen atoms in total. The molecule has 0 aromatic heterocycles. The van der Waals surface area contributed by atoms with Crippen LogP contribution in [0.3, 0.4) is 0 Å². The van der Waals surface area contributed by atoms with E-state index in [1.165, 1.54) is 44.9 Å². The van der Waals surface area contributed by atoms with Gasteiger partial charge in [0.2, 0.25) is 0 Å². The fourth-order valence-corrected chi connectivity index (χ4v) is 2.09. The molecule has 0 saturated carbocycles. The molecule has 120 valence electrons. The molecule has 0 rings (SSSR count). The van der Waals surface area contributed by atoms with Crippen LogP contribution in [0.4, 0.5) is 0 Å². The first-order chi connectivity index (χ1) is 9.77. The molecule has 0 saturated heterocycles. The molecule has 0 fully saturated rings. The van der Waals surface area contributed by atoms with Gasteiger partial charge in [0.25, 0.3) is 0 Å². The summed E-state index contributed by atoms with van der Waals surface area (Å²) in [5.74, 6) is -0.671. The van der Waals surface area contributed by atoms with Gasteiger partial charge >= 0.3 is 29.0 Å². The topological polar surface area (TPSA) is 37.3 Å². The van der Waals surface area contributed by atoms with Crippen molar-refractivity contribution in [2.24, 2.45) is 0 Å². The van der Waals surface area contributed by atoms with Crippen molar-refractivity contribution in [1.29, 1.82) is 0 Å². The Hall–Kier alpha value is -0.284. The third kappa shape index (κ3) is 22.1. The molecule has 0 atom stereocenters. The van der Waals surface area contributed by atoms with Crippen molar-refractivity contribution >= 4 is 29.0 Å². The van der Waals surface area contributed by atoms with Crippen LogP contribution in [-0.4, -0.2) is 34.1 Å². The summed E-state index contributed by atoms with van der Waals surface area (Å²) in [4.78, 5) is 10.3. The summed E-state index contributed by atoms with van der Waals surface area (Å²) in [7, 11) is 0. The Kier molecular flexibility index (Phi) is 21.6. The molecular formula is C18H34MgO2. The van der Waals surface area contributed by atoms with Crippen molar-refractivity contribution in [2.45, 2.75) is 84.0 Å². The van der Waals surface area contributed by atoms with Crippen LogP contribution in [-0.2, 0) is 4.79 Å². The Morgan fingerprint density at radius 3 is 1.95 bits per heavy atom. The second-order valence-corrected chi connectivity index (χ2v) is 5.37. The van der Waals surface area contributed by atoms with Gasteiger partial charge in [-0.2, -0.15) is 0 Å². The predicted molar refractivity (Wildman–Crippen MR) is 95.0 cm³/mol. The van der Waals surface area contributed by atoms with Crippen LogP contribution in [0.2, 0.25) is 0 Å². The van der Waals surface area contributed by atoms with Crippen LogP contribution < -0.4 is 0 Å². The Bertz CT molecular complexity index is 282. The van der Waals surface area contributed by atoms with Crippen molar-refractivity contribution in [2.75, 3.05) is 0 Å². The SMILES string of the molecule is CCCCC/C=C\C/C=C\CCCCCCCC(=O)O.[H-].[H-].[Mg+2]. The minimum Gasteiger partial charge on any atom is -1.00 e. The van der Waals surface area contributed by atoms with Crippen LogP contribution in [0.5, 0.6) is 0 Å². The maximum Gasteiger partial charge on any atom is 2.00 e. The van der Waals surface area contributed by atoms with Crippen molar-refractivity contribution in [1.82, 2.24) is 0 Å². The van der Waals surface area contributed by atoms with Crippen molar-refractivity contribution in [3.63, 3.8) is 0 Å². The zero-order chi connectivity index (χ0) is 14.9. The van der Waals surface area contributed by atoms with Crippen LogP contribution in [0.15, 0.2) is 24.3 Å². The van der Waals surface area contributed by atoms with E-state index in [9.17, 15) is 4.79 Å². The maximum absolute atomic E-state index is 10.3. The summed E-state index contributed by atoms with van der Waals surface area (Å²) in [5, 5.41) is 8.50. The van der Waals surface area contributed by atoms with Gasteiger partial charge in [-0.25, -0.2) is 0 Å². The number of carboxylic acid groups (broad SMARTS) is 1. The third-order valence-electron chi connectivity index (χ3n) is 3.34. The van der Waals surface area contributed by atoms with Gasteiger partial charge in [0.15, 0.2) is 0 Å². The number of carbonyl (C=O) groups is 1. The van der Waals surface area contributed by atoms with Crippen molar-refractivity contribution in [3.05, 3.63) is 24.3 Å². The summed E-state index contributed by atoms with van der Waals surface area (Å²) in [6.45, 7) is 2.23. The summed E-state index contributed by atoms with van der Waals surface area (Å²) in [6.07, 6.45) is 22.3. The van der Waals surface area contributed by atoms with E-state index in [0.717, 1.165) is 25.7 Å². The minimum atomic E-state index is -0.671. The average molecular weight is 307 g/mol. The average Bonchev–Trinajstić information content (AvgIpc) is 2.43. The largest absolute Gasteiger partial charge is 2.00 e. The van der Waals surface area contributed by atoms with E-state index in [1.54, 1.807) is 0 Å². The summed E-state index contributed by atoms with van der Waals surface area (Å²) < 4.78 is 0. The Labute approximate surface area is 150 Å². The molecule has 0 heterocycles. The molecule has 1 N–H and O–H groups in total. The molecule has 0 aromatic rings. The number of aliphatic carboxylic acids is 1. The molecule has 0 aliphatic heterocycles. The number of rotatable bonds is 14. The molecule has 0 spiro atoms.